The summed E-state index contributed by atoms with van der Waals surface area (Å²) in [7, 11) is 0. The number of hydrogen-bond donors (Lipinski definition) is 1. The number of ether oxygens (including phenoxy) is 1. The third kappa shape index (κ3) is 5.19. The summed E-state index contributed by atoms with van der Waals surface area (Å²) < 4.78 is 5.71. The van der Waals surface area contributed by atoms with Gasteiger partial charge in [0.2, 0.25) is 0 Å². The highest BCUT2D eigenvalue weighted by atomic mass is 32.1. The fourth-order valence-electron chi connectivity index (χ4n) is 3.28. The molecule has 1 aromatic rings. The quantitative estimate of drug-likeness (QED) is 0.831. The number of hydrogen-bond acceptors (Lipinski definition) is 4. The Labute approximate surface area is 142 Å². The highest BCUT2D eigenvalue weighted by Crippen LogP contribution is 2.17. The molecule has 1 atom stereocenters. The fourth-order valence-corrected chi connectivity index (χ4v) is 4.00. The molecular formula is C17H27N3O2S. The van der Waals surface area contributed by atoms with Crippen molar-refractivity contribution in [2.75, 3.05) is 39.3 Å². The molecule has 1 unspecified atom stereocenters. The van der Waals surface area contributed by atoms with Crippen LogP contribution in [0, 0.1) is 0 Å². The minimum Gasteiger partial charge on any atom is -0.376 e. The zero-order chi connectivity index (χ0) is 15.9. The van der Waals surface area contributed by atoms with Gasteiger partial charge in [-0.05, 0) is 50.2 Å². The molecule has 6 heteroatoms. The average molecular weight is 337 g/mol. The van der Waals surface area contributed by atoms with Gasteiger partial charge in [-0.3, -0.25) is 0 Å². The van der Waals surface area contributed by atoms with E-state index in [1.165, 1.54) is 30.8 Å². The molecule has 1 aromatic heterocycles. The van der Waals surface area contributed by atoms with E-state index in [0.717, 1.165) is 32.5 Å². The predicted molar refractivity (Wildman–Crippen MR) is 92.8 cm³/mol. The van der Waals surface area contributed by atoms with E-state index >= 15 is 0 Å². The summed E-state index contributed by atoms with van der Waals surface area (Å²) in [6.45, 7) is 6.22. The summed E-state index contributed by atoms with van der Waals surface area (Å²) >= 11 is 1.70. The minimum atomic E-state index is 0.0353. The Morgan fingerprint density at radius 1 is 1.39 bits per heavy atom. The van der Waals surface area contributed by atoms with Crippen LogP contribution in [0.1, 0.15) is 30.6 Å². The number of nitrogens with zero attached hydrogens (tertiary/aromatic N) is 2. The molecule has 23 heavy (non-hydrogen) atoms. The van der Waals surface area contributed by atoms with Crippen LogP contribution in [-0.4, -0.2) is 61.3 Å². The maximum absolute atomic E-state index is 12.6. The molecule has 0 bridgehead atoms. The van der Waals surface area contributed by atoms with Gasteiger partial charge < -0.3 is 19.9 Å². The third-order valence-corrected chi connectivity index (χ3v) is 5.43. The summed E-state index contributed by atoms with van der Waals surface area (Å²) in [6.07, 6.45) is 4.93. The first-order valence-electron chi connectivity index (χ1n) is 8.70. The highest BCUT2D eigenvalue weighted by molar-refractivity contribution is 7.09. The van der Waals surface area contributed by atoms with Gasteiger partial charge in [-0.2, -0.15) is 0 Å². The van der Waals surface area contributed by atoms with Gasteiger partial charge in [-0.25, -0.2) is 4.79 Å². The summed E-state index contributed by atoms with van der Waals surface area (Å²) in [6, 6.07) is 4.16. The number of urea groups is 1. The number of thiophene rings is 1. The van der Waals surface area contributed by atoms with Crippen molar-refractivity contribution in [1.29, 1.82) is 0 Å². The van der Waals surface area contributed by atoms with Crippen LogP contribution in [0.2, 0.25) is 0 Å². The van der Waals surface area contributed by atoms with Gasteiger partial charge >= 0.3 is 6.03 Å². The normalized spacial score (nSPS) is 21.7. The van der Waals surface area contributed by atoms with Crippen LogP contribution in [0.5, 0.6) is 0 Å². The Hall–Kier alpha value is -1.11. The van der Waals surface area contributed by atoms with E-state index in [9.17, 15) is 4.79 Å². The van der Waals surface area contributed by atoms with Crippen molar-refractivity contribution in [3.63, 3.8) is 0 Å². The molecular weight excluding hydrogens is 310 g/mol. The number of likely N-dealkylation sites (tertiary alicyclic amines) is 1. The van der Waals surface area contributed by atoms with Gasteiger partial charge in [-0.15, -0.1) is 11.3 Å². The van der Waals surface area contributed by atoms with Gasteiger partial charge in [0, 0.05) is 31.1 Å². The lowest BCUT2D eigenvalue weighted by Gasteiger charge is -2.26. The first-order chi connectivity index (χ1) is 11.3. The fraction of sp³-hybridized carbons (Fsp3) is 0.706. The number of carbonyl (C=O) groups is 1. The van der Waals surface area contributed by atoms with Gasteiger partial charge in [0.05, 0.1) is 12.6 Å². The molecule has 0 saturated carbocycles. The Bertz CT molecular complexity index is 468. The van der Waals surface area contributed by atoms with Crippen molar-refractivity contribution in [2.24, 2.45) is 0 Å². The van der Waals surface area contributed by atoms with Gasteiger partial charge in [-0.1, -0.05) is 6.07 Å². The van der Waals surface area contributed by atoms with Crippen molar-refractivity contribution < 1.29 is 9.53 Å². The SMILES string of the molecule is O=C(NCCN1CCCC1)N(Cc1cccs1)CC1CCCO1. The molecule has 0 aliphatic carbocycles. The lowest BCUT2D eigenvalue weighted by molar-refractivity contribution is 0.0796. The highest BCUT2D eigenvalue weighted by Gasteiger charge is 2.23. The Kier molecular flexibility index (Phi) is 6.30. The van der Waals surface area contributed by atoms with Crippen LogP contribution < -0.4 is 5.32 Å². The minimum absolute atomic E-state index is 0.0353. The zero-order valence-electron chi connectivity index (χ0n) is 13.7. The number of rotatable bonds is 7. The smallest absolute Gasteiger partial charge is 0.317 e. The number of carbonyl (C=O) groups excluding carboxylic acids is 1. The van der Waals surface area contributed by atoms with Crippen LogP contribution in [0.25, 0.3) is 0 Å². The Morgan fingerprint density at radius 2 is 2.26 bits per heavy atom. The second-order valence-electron chi connectivity index (χ2n) is 6.38. The van der Waals surface area contributed by atoms with Crippen LogP contribution in [0.3, 0.4) is 0 Å². The lowest BCUT2D eigenvalue weighted by Crippen LogP contribution is -2.45. The second-order valence-corrected chi connectivity index (χ2v) is 7.41. The molecule has 0 radical (unpaired) electrons. The van der Waals surface area contributed by atoms with E-state index in [4.69, 9.17) is 4.74 Å². The van der Waals surface area contributed by atoms with Gasteiger partial charge in [0.25, 0.3) is 0 Å². The molecule has 5 nitrogen and oxygen atoms in total. The molecule has 3 rings (SSSR count). The molecule has 2 fully saturated rings. The zero-order valence-corrected chi connectivity index (χ0v) is 14.5. The van der Waals surface area contributed by atoms with Crippen molar-refractivity contribution in [3.8, 4) is 0 Å². The van der Waals surface area contributed by atoms with Crippen LogP contribution in [0.15, 0.2) is 17.5 Å². The third-order valence-electron chi connectivity index (χ3n) is 4.56. The lowest BCUT2D eigenvalue weighted by atomic mass is 10.2. The van der Waals surface area contributed by atoms with Crippen molar-refractivity contribution in [3.05, 3.63) is 22.4 Å². The van der Waals surface area contributed by atoms with E-state index in [-0.39, 0.29) is 12.1 Å². The molecule has 2 aliphatic heterocycles. The number of amides is 2. The second kappa shape index (κ2) is 8.66. The summed E-state index contributed by atoms with van der Waals surface area (Å²) in [4.78, 5) is 18.1. The van der Waals surface area contributed by atoms with E-state index in [1.807, 2.05) is 11.0 Å². The maximum Gasteiger partial charge on any atom is 0.317 e. The monoisotopic (exact) mass is 337 g/mol. The van der Waals surface area contributed by atoms with E-state index < -0.39 is 0 Å². The van der Waals surface area contributed by atoms with E-state index in [2.05, 4.69) is 21.7 Å². The van der Waals surface area contributed by atoms with Gasteiger partial charge in [0.1, 0.15) is 0 Å². The molecule has 3 heterocycles. The van der Waals surface area contributed by atoms with E-state index in [1.54, 1.807) is 11.3 Å². The molecule has 0 spiro atoms. The number of nitrogens with one attached hydrogen (secondary N) is 1. The Morgan fingerprint density at radius 3 is 2.96 bits per heavy atom. The molecule has 2 aliphatic rings. The Balaban J connectivity index is 1.49. The van der Waals surface area contributed by atoms with Crippen molar-refractivity contribution >= 4 is 17.4 Å². The maximum atomic E-state index is 12.6. The van der Waals surface area contributed by atoms with Crippen LogP contribution in [-0.2, 0) is 11.3 Å². The molecule has 2 amide bonds. The van der Waals surface area contributed by atoms with Gasteiger partial charge in [0.15, 0.2) is 0 Å². The molecule has 128 valence electrons. The van der Waals surface area contributed by atoms with Crippen molar-refractivity contribution in [1.82, 2.24) is 15.1 Å². The summed E-state index contributed by atoms with van der Waals surface area (Å²) in [5.74, 6) is 0. The molecule has 2 saturated heterocycles. The average Bonchev–Trinajstić information content (AvgIpc) is 3.30. The first-order valence-corrected chi connectivity index (χ1v) is 9.58. The van der Waals surface area contributed by atoms with E-state index in [0.29, 0.717) is 13.1 Å². The first kappa shape index (κ1) is 16.7. The summed E-state index contributed by atoms with van der Waals surface area (Å²) in [5.41, 5.74) is 0. The van der Waals surface area contributed by atoms with Crippen LogP contribution >= 0.6 is 11.3 Å². The topological polar surface area (TPSA) is 44.8 Å². The summed E-state index contributed by atoms with van der Waals surface area (Å²) in [5, 5.41) is 5.15. The largest absolute Gasteiger partial charge is 0.376 e. The van der Waals surface area contributed by atoms with Crippen LogP contribution in [0.4, 0.5) is 4.79 Å². The molecule has 0 aromatic carbocycles. The van der Waals surface area contributed by atoms with Crippen molar-refractivity contribution in [2.45, 2.75) is 38.3 Å². The standard InChI is InChI=1S/C17H27N3O2S/c21-17(18-7-10-19-8-1-2-9-19)20(13-15-5-3-11-22-15)14-16-6-4-12-23-16/h4,6,12,15H,1-3,5,7-11,13-14H2,(H,18,21). The predicted octanol–water partition coefficient (Wildman–Crippen LogP) is 2.53. The molecule has 1 N–H and O–H groups in total.